The molecule has 1 aliphatic rings. The van der Waals surface area contributed by atoms with E-state index in [1.165, 1.54) is 5.56 Å². The largest absolute Gasteiger partial charge is 0.465 e. The third-order valence-electron chi connectivity index (χ3n) is 4.08. The second-order valence-electron chi connectivity index (χ2n) is 5.93. The zero-order chi connectivity index (χ0) is 13.6. The Bertz CT molecular complexity index is 429. The van der Waals surface area contributed by atoms with Gasteiger partial charge in [-0.1, -0.05) is 41.1 Å². The Hall–Kier alpha value is -0.315. The Kier molecular flexibility index (Phi) is 3.65. The lowest BCUT2D eigenvalue weighted by Gasteiger charge is -2.32. The smallest absolute Gasteiger partial charge is 0.403 e. The lowest BCUT2D eigenvalue weighted by Crippen LogP contribution is -2.41. The molecule has 1 heterocycles. The molecular weight excluding hydrogens is 291 g/mol. The van der Waals surface area contributed by atoms with Crippen molar-refractivity contribution in [2.24, 2.45) is 0 Å². The van der Waals surface area contributed by atoms with E-state index in [-0.39, 0.29) is 24.1 Å². The van der Waals surface area contributed by atoms with E-state index in [0.717, 1.165) is 4.47 Å². The number of hydrogen-bond donors (Lipinski definition) is 0. The highest BCUT2D eigenvalue weighted by Crippen LogP contribution is 2.41. The Morgan fingerprint density at radius 1 is 1.06 bits per heavy atom. The van der Waals surface area contributed by atoms with E-state index >= 15 is 0 Å². The van der Waals surface area contributed by atoms with Crippen molar-refractivity contribution in [3.05, 3.63) is 34.3 Å². The molecule has 1 fully saturated rings. The van der Waals surface area contributed by atoms with Crippen LogP contribution in [0.5, 0.6) is 0 Å². The summed E-state index contributed by atoms with van der Waals surface area (Å²) >= 11 is 3.59. The highest BCUT2D eigenvalue weighted by atomic mass is 79.9. The molecule has 0 radical (unpaired) electrons. The van der Waals surface area contributed by atoms with Gasteiger partial charge in [-0.15, -0.1) is 0 Å². The Morgan fingerprint density at radius 2 is 1.56 bits per heavy atom. The zero-order valence-corrected chi connectivity index (χ0v) is 13.2. The second-order valence-corrected chi connectivity index (χ2v) is 6.79. The van der Waals surface area contributed by atoms with Crippen LogP contribution in [0, 0.1) is 0 Å². The molecule has 0 saturated carbocycles. The molecule has 1 unspecified atom stereocenters. The van der Waals surface area contributed by atoms with Crippen molar-refractivity contribution in [3.8, 4) is 0 Å². The molecule has 98 valence electrons. The highest BCUT2D eigenvalue weighted by Gasteiger charge is 2.53. The molecule has 1 saturated heterocycles. The molecule has 4 heteroatoms. The fourth-order valence-corrected chi connectivity index (χ4v) is 2.73. The van der Waals surface area contributed by atoms with Crippen LogP contribution in [0.15, 0.2) is 28.7 Å². The van der Waals surface area contributed by atoms with Gasteiger partial charge >= 0.3 is 7.12 Å². The molecule has 0 aliphatic carbocycles. The van der Waals surface area contributed by atoms with Crippen LogP contribution < -0.4 is 0 Å². The predicted octanol–water partition coefficient (Wildman–Crippen LogP) is 4.18. The summed E-state index contributed by atoms with van der Waals surface area (Å²) in [7, 11) is -0.200. The topological polar surface area (TPSA) is 18.5 Å². The van der Waals surface area contributed by atoms with E-state index in [4.69, 9.17) is 9.31 Å². The van der Waals surface area contributed by atoms with Crippen LogP contribution in [0.2, 0.25) is 0 Å². The summed E-state index contributed by atoms with van der Waals surface area (Å²) in [6.45, 7) is 10.5. The average molecular weight is 311 g/mol. The van der Waals surface area contributed by atoms with E-state index < -0.39 is 0 Å². The van der Waals surface area contributed by atoms with Gasteiger partial charge in [0.05, 0.1) is 11.2 Å². The van der Waals surface area contributed by atoms with Crippen molar-refractivity contribution in [1.82, 2.24) is 0 Å². The van der Waals surface area contributed by atoms with Crippen molar-refractivity contribution in [2.75, 3.05) is 0 Å². The average Bonchev–Trinajstić information content (AvgIpc) is 2.48. The molecular formula is C14H20BBrO2. The summed E-state index contributed by atoms with van der Waals surface area (Å²) < 4.78 is 13.3. The number of rotatable bonds is 2. The number of benzene rings is 1. The maximum Gasteiger partial charge on any atom is 0.465 e. The fourth-order valence-electron chi connectivity index (χ4n) is 2.08. The monoisotopic (exact) mass is 310 g/mol. The Morgan fingerprint density at radius 3 is 2.06 bits per heavy atom. The molecule has 1 aliphatic heterocycles. The van der Waals surface area contributed by atoms with E-state index in [1.807, 2.05) is 12.1 Å². The summed E-state index contributed by atoms with van der Waals surface area (Å²) in [5, 5.41) is 0. The van der Waals surface area contributed by atoms with Crippen molar-refractivity contribution in [1.29, 1.82) is 0 Å². The van der Waals surface area contributed by atoms with Crippen molar-refractivity contribution in [2.45, 2.75) is 51.6 Å². The van der Waals surface area contributed by atoms with E-state index in [9.17, 15) is 0 Å². The predicted molar refractivity (Wildman–Crippen MR) is 78.6 cm³/mol. The number of halogens is 1. The maximum atomic E-state index is 6.09. The quantitative estimate of drug-likeness (QED) is 0.763. The standard InChI is InChI=1S/C14H20BBrO2/c1-10(11-8-6-7-9-12(11)16)15-17-13(2,3)14(4,5)18-15/h6-10H,1-5H3. The van der Waals surface area contributed by atoms with Crippen LogP contribution >= 0.6 is 15.9 Å². The first-order valence-electron chi connectivity index (χ1n) is 6.35. The van der Waals surface area contributed by atoms with Gasteiger partial charge in [-0.2, -0.15) is 0 Å². The van der Waals surface area contributed by atoms with Crippen LogP contribution in [0.25, 0.3) is 0 Å². The van der Waals surface area contributed by atoms with Gasteiger partial charge in [0.2, 0.25) is 0 Å². The molecule has 0 N–H and O–H groups in total. The van der Waals surface area contributed by atoms with E-state index in [0.29, 0.717) is 0 Å². The first kappa shape index (κ1) is 14.1. The molecule has 1 aromatic carbocycles. The highest BCUT2D eigenvalue weighted by molar-refractivity contribution is 9.10. The fraction of sp³-hybridized carbons (Fsp3) is 0.571. The van der Waals surface area contributed by atoms with Gasteiger partial charge < -0.3 is 9.31 Å². The van der Waals surface area contributed by atoms with Crippen LogP contribution in [-0.4, -0.2) is 18.3 Å². The molecule has 2 rings (SSSR count). The molecule has 0 bridgehead atoms. The Balaban J connectivity index is 2.23. The third-order valence-corrected chi connectivity index (χ3v) is 4.80. The third kappa shape index (κ3) is 2.38. The lowest BCUT2D eigenvalue weighted by atomic mass is 9.69. The zero-order valence-electron chi connectivity index (χ0n) is 11.7. The first-order valence-corrected chi connectivity index (χ1v) is 7.14. The van der Waals surface area contributed by atoms with Gasteiger partial charge in [0.15, 0.2) is 0 Å². The minimum atomic E-state index is -0.271. The molecule has 0 spiro atoms. The molecule has 1 atom stereocenters. The van der Waals surface area contributed by atoms with Gasteiger partial charge in [0.25, 0.3) is 0 Å². The molecule has 0 amide bonds. The van der Waals surface area contributed by atoms with Crippen molar-refractivity contribution >= 4 is 23.0 Å². The normalized spacial score (nSPS) is 23.1. The summed E-state index contributed by atoms with van der Waals surface area (Å²) in [5.41, 5.74) is 0.677. The van der Waals surface area contributed by atoms with Crippen molar-refractivity contribution in [3.63, 3.8) is 0 Å². The van der Waals surface area contributed by atoms with Crippen LogP contribution in [0.1, 0.15) is 46.0 Å². The summed E-state index contributed by atoms with van der Waals surface area (Å²) in [6, 6.07) is 8.23. The van der Waals surface area contributed by atoms with Gasteiger partial charge in [-0.25, -0.2) is 0 Å². The second kappa shape index (κ2) is 4.66. The maximum absolute atomic E-state index is 6.09. The minimum absolute atomic E-state index is 0.196. The molecule has 18 heavy (non-hydrogen) atoms. The van der Waals surface area contributed by atoms with Gasteiger partial charge in [0, 0.05) is 10.3 Å². The van der Waals surface area contributed by atoms with Crippen molar-refractivity contribution < 1.29 is 9.31 Å². The summed E-state index contributed by atoms with van der Waals surface area (Å²) in [6.07, 6.45) is 0. The van der Waals surface area contributed by atoms with Gasteiger partial charge in [0.1, 0.15) is 0 Å². The number of hydrogen-bond acceptors (Lipinski definition) is 2. The van der Waals surface area contributed by atoms with Crippen LogP contribution in [0.3, 0.4) is 0 Å². The minimum Gasteiger partial charge on any atom is -0.403 e. The van der Waals surface area contributed by atoms with Gasteiger partial charge in [-0.05, 0) is 39.3 Å². The van der Waals surface area contributed by atoms with E-state index in [2.05, 4.69) is 62.7 Å². The first-order chi connectivity index (χ1) is 8.24. The van der Waals surface area contributed by atoms with Crippen LogP contribution in [0.4, 0.5) is 0 Å². The SMILES string of the molecule is CC(B1OC(C)(C)C(C)(C)O1)c1ccccc1Br. The molecule has 0 aromatic heterocycles. The summed E-state index contributed by atoms with van der Waals surface area (Å²) in [4.78, 5) is 0. The van der Waals surface area contributed by atoms with Crippen LogP contribution in [-0.2, 0) is 9.31 Å². The van der Waals surface area contributed by atoms with Gasteiger partial charge in [-0.3, -0.25) is 0 Å². The lowest BCUT2D eigenvalue weighted by molar-refractivity contribution is 0.00578. The Labute approximate surface area is 118 Å². The molecule has 2 nitrogen and oxygen atoms in total. The molecule has 1 aromatic rings. The summed E-state index contributed by atoms with van der Waals surface area (Å²) in [5.74, 6) is 0.196. The van der Waals surface area contributed by atoms with E-state index in [1.54, 1.807) is 0 Å².